The van der Waals surface area contributed by atoms with Gasteiger partial charge in [-0.2, -0.15) is 5.10 Å². The summed E-state index contributed by atoms with van der Waals surface area (Å²) in [7, 11) is 1.91. The lowest BCUT2D eigenvalue weighted by Gasteiger charge is -2.04. The Morgan fingerprint density at radius 2 is 2.28 bits per heavy atom. The van der Waals surface area contributed by atoms with Crippen LogP contribution in [0.1, 0.15) is 11.1 Å². The number of thiophene rings is 1. The predicted octanol–water partition coefficient (Wildman–Crippen LogP) is 2.35. The van der Waals surface area contributed by atoms with Crippen molar-refractivity contribution in [3.05, 3.63) is 35.2 Å². The summed E-state index contributed by atoms with van der Waals surface area (Å²) < 4.78 is 2.90. The van der Waals surface area contributed by atoms with Gasteiger partial charge in [-0.3, -0.25) is 4.68 Å². The molecule has 0 saturated heterocycles. The van der Waals surface area contributed by atoms with Gasteiger partial charge in [-0.05, 0) is 17.9 Å². The Hall–Kier alpha value is -1.95. The van der Waals surface area contributed by atoms with Crippen molar-refractivity contribution in [3.63, 3.8) is 0 Å². The molecule has 0 atom stereocenters. The summed E-state index contributed by atoms with van der Waals surface area (Å²) in [5.74, 6) is 0.891. The van der Waals surface area contributed by atoms with E-state index in [1.165, 1.54) is 5.56 Å². The molecule has 6 heteroatoms. The molecule has 0 unspecified atom stereocenters. The van der Waals surface area contributed by atoms with Crippen LogP contribution in [-0.2, 0) is 13.6 Å². The predicted molar refractivity (Wildman–Crippen MR) is 72.7 cm³/mol. The highest BCUT2D eigenvalue weighted by Crippen LogP contribution is 2.28. The quantitative estimate of drug-likeness (QED) is 0.784. The van der Waals surface area contributed by atoms with Crippen LogP contribution in [0, 0.1) is 6.92 Å². The van der Waals surface area contributed by atoms with E-state index in [0.29, 0.717) is 0 Å². The third-order valence-electron chi connectivity index (χ3n) is 2.75. The lowest BCUT2D eigenvalue weighted by Crippen LogP contribution is -2.01. The zero-order valence-electron chi connectivity index (χ0n) is 10.2. The third kappa shape index (κ3) is 1.95. The summed E-state index contributed by atoms with van der Waals surface area (Å²) >= 11 is 1.67. The molecule has 0 aliphatic heterocycles. The first-order valence-corrected chi connectivity index (χ1v) is 6.52. The second-order valence-corrected chi connectivity index (χ2v) is 5.07. The lowest BCUT2D eigenvalue weighted by atomic mass is 10.3. The first-order valence-electron chi connectivity index (χ1n) is 5.64. The summed E-state index contributed by atoms with van der Waals surface area (Å²) in [6, 6.07) is 0. The van der Waals surface area contributed by atoms with E-state index in [4.69, 9.17) is 0 Å². The summed E-state index contributed by atoms with van der Waals surface area (Å²) in [6.45, 7) is 2.79. The van der Waals surface area contributed by atoms with Crippen molar-refractivity contribution in [2.24, 2.45) is 7.05 Å². The zero-order chi connectivity index (χ0) is 12.5. The maximum Gasteiger partial charge on any atom is 0.147 e. The Kier molecular flexibility index (Phi) is 2.71. The molecule has 18 heavy (non-hydrogen) atoms. The summed E-state index contributed by atoms with van der Waals surface area (Å²) in [5, 5.41) is 9.58. The van der Waals surface area contributed by atoms with E-state index in [-0.39, 0.29) is 0 Å². The molecular formula is C12H13N5S. The van der Waals surface area contributed by atoms with E-state index in [0.717, 1.165) is 28.1 Å². The first-order chi connectivity index (χ1) is 8.74. The highest BCUT2D eigenvalue weighted by Gasteiger charge is 2.07. The number of hydrogen-bond acceptors (Lipinski definition) is 5. The average Bonchev–Trinajstić information content (AvgIpc) is 2.94. The topological polar surface area (TPSA) is 55.6 Å². The minimum absolute atomic E-state index is 0.719. The van der Waals surface area contributed by atoms with Gasteiger partial charge in [0.15, 0.2) is 0 Å². The fourth-order valence-electron chi connectivity index (χ4n) is 1.84. The van der Waals surface area contributed by atoms with Crippen LogP contribution >= 0.6 is 11.3 Å². The lowest BCUT2D eigenvalue weighted by molar-refractivity contribution is 0.767. The van der Waals surface area contributed by atoms with E-state index < -0.39 is 0 Å². The van der Waals surface area contributed by atoms with Crippen molar-refractivity contribution in [1.29, 1.82) is 0 Å². The van der Waals surface area contributed by atoms with Crippen molar-refractivity contribution >= 4 is 27.4 Å². The molecule has 5 nitrogen and oxygen atoms in total. The molecule has 92 valence electrons. The van der Waals surface area contributed by atoms with E-state index in [1.54, 1.807) is 22.3 Å². The van der Waals surface area contributed by atoms with Crippen molar-refractivity contribution in [1.82, 2.24) is 19.7 Å². The molecule has 0 radical (unpaired) electrons. The van der Waals surface area contributed by atoms with Crippen molar-refractivity contribution in [2.45, 2.75) is 13.5 Å². The highest BCUT2D eigenvalue weighted by atomic mass is 32.1. The van der Waals surface area contributed by atoms with Crippen LogP contribution < -0.4 is 5.32 Å². The smallest absolute Gasteiger partial charge is 0.147 e. The fraction of sp³-hybridized carbons (Fsp3) is 0.250. The van der Waals surface area contributed by atoms with Crippen molar-refractivity contribution in [2.75, 3.05) is 5.32 Å². The van der Waals surface area contributed by atoms with Crippen LogP contribution in [0.4, 0.5) is 5.82 Å². The Balaban J connectivity index is 1.86. The molecule has 0 aromatic carbocycles. The second-order valence-electron chi connectivity index (χ2n) is 4.19. The Labute approximate surface area is 109 Å². The van der Waals surface area contributed by atoms with Gasteiger partial charge in [0.2, 0.25) is 0 Å². The zero-order valence-corrected chi connectivity index (χ0v) is 11.0. The molecule has 0 spiro atoms. The molecule has 3 aromatic heterocycles. The van der Waals surface area contributed by atoms with Crippen LogP contribution in [0.5, 0.6) is 0 Å². The number of hydrogen-bond donors (Lipinski definition) is 1. The highest BCUT2D eigenvalue weighted by molar-refractivity contribution is 7.18. The summed E-state index contributed by atoms with van der Waals surface area (Å²) in [4.78, 5) is 8.61. The van der Waals surface area contributed by atoms with Crippen molar-refractivity contribution < 1.29 is 0 Å². The van der Waals surface area contributed by atoms with Gasteiger partial charge >= 0.3 is 0 Å². The number of anilines is 1. The first kappa shape index (κ1) is 11.2. The SMILES string of the molecule is Cc1csc2c(NCc3cnn(C)c3)ncnc12. The molecule has 3 aromatic rings. The van der Waals surface area contributed by atoms with E-state index >= 15 is 0 Å². The summed E-state index contributed by atoms with van der Waals surface area (Å²) in [6.07, 6.45) is 5.45. The van der Waals surface area contributed by atoms with E-state index in [1.807, 2.05) is 19.4 Å². The molecule has 0 amide bonds. The fourth-order valence-corrected chi connectivity index (χ4v) is 2.81. The Morgan fingerprint density at radius 1 is 1.39 bits per heavy atom. The monoisotopic (exact) mass is 259 g/mol. The molecule has 3 rings (SSSR count). The van der Waals surface area contributed by atoms with Gasteiger partial charge in [0.25, 0.3) is 0 Å². The number of rotatable bonds is 3. The molecule has 0 aliphatic carbocycles. The normalized spacial score (nSPS) is 11.0. The van der Waals surface area contributed by atoms with Crippen LogP contribution in [-0.4, -0.2) is 19.7 Å². The Morgan fingerprint density at radius 3 is 3.06 bits per heavy atom. The second kappa shape index (κ2) is 4.38. The molecular weight excluding hydrogens is 246 g/mol. The van der Waals surface area contributed by atoms with Gasteiger partial charge < -0.3 is 5.32 Å². The number of fused-ring (bicyclic) bond motifs is 1. The maximum absolute atomic E-state index is 4.30. The molecule has 1 N–H and O–H groups in total. The van der Waals surface area contributed by atoms with Gasteiger partial charge in [-0.1, -0.05) is 0 Å². The number of nitrogens with zero attached hydrogens (tertiary/aromatic N) is 4. The standard InChI is InChI=1S/C12H13N5S/c1-8-6-18-11-10(8)14-7-15-12(11)13-3-9-4-16-17(2)5-9/h4-7H,3H2,1-2H3,(H,13,14,15). The number of aromatic nitrogens is 4. The van der Waals surface area contributed by atoms with Crippen LogP contribution in [0.15, 0.2) is 24.1 Å². The van der Waals surface area contributed by atoms with Crippen molar-refractivity contribution in [3.8, 4) is 0 Å². The van der Waals surface area contributed by atoms with Crippen LogP contribution in [0.2, 0.25) is 0 Å². The molecule has 0 saturated carbocycles. The van der Waals surface area contributed by atoms with Gasteiger partial charge in [0.1, 0.15) is 12.1 Å². The molecule has 3 heterocycles. The average molecular weight is 259 g/mol. The third-order valence-corrected chi connectivity index (χ3v) is 3.84. The van der Waals surface area contributed by atoms with Gasteiger partial charge in [-0.15, -0.1) is 11.3 Å². The van der Waals surface area contributed by atoms with Gasteiger partial charge in [0, 0.05) is 25.4 Å². The molecule has 0 aliphatic rings. The number of nitrogens with one attached hydrogen (secondary N) is 1. The van der Waals surface area contributed by atoms with E-state index in [2.05, 4.69) is 32.7 Å². The largest absolute Gasteiger partial charge is 0.365 e. The summed E-state index contributed by atoms with van der Waals surface area (Å²) in [5.41, 5.74) is 3.36. The minimum Gasteiger partial charge on any atom is -0.365 e. The van der Waals surface area contributed by atoms with Crippen LogP contribution in [0.25, 0.3) is 10.2 Å². The maximum atomic E-state index is 4.30. The molecule has 0 fully saturated rings. The molecule has 0 bridgehead atoms. The van der Waals surface area contributed by atoms with Gasteiger partial charge in [-0.25, -0.2) is 9.97 Å². The Bertz CT molecular complexity index is 685. The van der Waals surface area contributed by atoms with Crippen LogP contribution in [0.3, 0.4) is 0 Å². The van der Waals surface area contributed by atoms with Gasteiger partial charge in [0.05, 0.1) is 16.4 Å². The minimum atomic E-state index is 0.719. The number of aryl methyl sites for hydroxylation is 2. The van der Waals surface area contributed by atoms with E-state index in [9.17, 15) is 0 Å².